The van der Waals surface area contributed by atoms with Crippen LogP contribution in [0, 0.1) is 0 Å². The molecule has 1 aromatic rings. The van der Waals surface area contributed by atoms with Crippen LogP contribution in [-0.4, -0.2) is 26.6 Å². The number of aliphatic hydroxyl groups excluding tert-OH is 2. The third-order valence-corrected chi connectivity index (χ3v) is 1.79. The van der Waals surface area contributed by atoms with Crippen molar-refractivity contribution in [1.82, 2.24) is 9.78 Å². The Labute approximate surface area is 71.5 Å². The summed E-state index contributed by atoms with van der Waals surface area (Å²) in [7, 11) is 0. The van der Waals surface area contributed by atoms with E-state index >= 15 is 0 Å². The first-order valence-corrected chi connectivity index (χ1v) is 4.10. The molecule has 1 rings (SSSR count). The molecule has 0 aliphatic heterocycles. The molecule has 0 radical (unpaired) electrons. The summed E-state index contributed by atoms with van der Waals surface area (Å²) in [6, 6.07) is 1.77. The lowest BCUT2D eigenvalue weighted by atomic mass is 10.2. The maximum absolute atomic E-state index is 9.50. The van der Waals surface area contributed by atoms with Crippen LogP contribution in [0.15, 0.2) is 12.3 Å². The minimum atomic E-state index is -0.600. The van der Waals surface area contributed by atoms with Gasteiger partial charge in [-0.05, 0) is 13.0 Å². The molecule has 0 unspecified atom stereocenters. The fourth-order valence-electron chi connectivity index (χ4n) is 1.16. The highest BCUT2D eigenvalue weighted by atomic mass is 16.3. The highest BCUT2D eigenvalue weighted by Gasteiger charge is 2.10. The standard InChI is InChI=1S/C8H14N2O2/c1-2-10-7(3-5-9-10)8(12)4-6-11/h3,5,8,11-12H,2,4,6H2,1H3/t8-/m0/s1. The lowest BCUT2D eigenvalue weighted by molar-refractivity contribution is 0.126. The number of rotatable bonds is 4. The Hall–Kier alpha value is -0.870. The van der Waals surface area contributed by atoms with Crippen molar-refractivity contribution < 1.29 is 10.2 Å². The highest BCUT2D eigenvalue weighted by Crippen LogP contribution is 2.14. The van der Waals surface area contributed by atoms with Gasteiger partial charge in [-0.2, -0.15) is 5.10 Å². The Morgan fingerprint density at radius 2 is 2.42 bits per heavy atom. The van der Waals surface area contributed by atoms with Crippen molar-refractivity contribution in [1.29, 1.82) is 0 Å². The minimum Gasteiger partial charge on any atom is -0.396 e. The van der Waals surface area contributed by atoms with Crippen LogP contribution in [0.2, 0.25) is 0 Å². The SMILES string of the molecule is CCn1nccc1[C@@H](O)CCO. The van der Waals surface area contributed by atoms with Crippen LogP contribution in [0.25, 0.3) is 0 Å². The lowest BCUT2D eigenvalue weighted by Gasteiger charge is -2.10. The molecule has 0 spiro atoms. The first kappa shape index (κ1) is 9.22. The molecule has 1 aromatic heterocycles. The van der Waals surface area contributed by atoms with Crippen molar-refractivity contribution in [2.45, 2.75) is 26.0 Å². The molecule has 2 N–H and O–H groups in total. The number of hydrogen-bond donors (Lipinski definition) is 2. The Bertz CT molecular complexity index is 235. The van der Waals surface area contributed by atoms with Gasteiger partial charge >= 0.3 is 0 Å². The van der Waals surface area contributed by atoms with Crippen LogP contribution >= 0.6 is 0 Å². The van der Waals surface area contributed by atoms with E-state index in [9.17, 15) is 5.11 Å². The van der Waals surface area contributed by atoms with Crippen LogP contribution in [-0.2, 0) is 6.54 Å². The van der Waals surface area contributed by atoms with E-state index in [1.54, 1.807) is 16.9 Å². The van der Waals surface area contributed by atoms with E-state index < -0.39 is 6.10 Å². The van der Waals surface area contributed by atoms with Crippen molar-refractivity contribution in [3.63, 3.8) is 0 Å². The number of hydrogen-bond acceptors (Lipinski definition) is 3. The van der Waals surface area contributed by atoms with E-state index in [-0.39, 0.29) is 6.61 Å². The molecule has 0 fully saturated rings. The predicted molar refractivity (Wildman–Crippen MR) is 44.6 cm³/mol. The van der Waals surface area contributed by atoms with Gasteiger partial charge in [-0.25, -0.2) is 0 Å². The van der Waals surface area contributed by atoms with E-state index in [1.165, 1.54) is 0 Å². The predicted octanol–water partition coefficient (Wildman–Crippen LogP) is 0.319. The summed E-state index contributed by atoms with van der Waals surface area (Å²) in [6.45, 7) is 2.70. The van der Waals surface area contributed by atoms with Crippen molar-refractivity contribution in [2.24, 2.45) is 0 Å². The Kier molecular flexibility index (Phi) is 3.25. The van der Waals surface area contributed by atoms with Crippen molar-refractivity contribution in [2.75, 3.05) is 6.61 Å². The fourth-order valence-corrected chi connectivity index (χ4v) is 1.16. The number of aliphatic hydroxyl groups is 2. The van der Waals surface area contributed by atoms with E-state index in [0.717, 1.165) is 12.2 Å². The zero-order valence-corrected chi connectivity index (χ0v) is 7.14. The second kappa shape index (κ2) is 4.23. The van der Waals surface area contributed by atoms with E-state index in [4.69, 9.17) is 5.11 Å². The van der Waals surface area contributed by atoms with Gasteiger partial charge in [0.25, 0.3) is 0 Å². The van der Waals surface area contributed by atoms with Gasteiger partial charge in [0, 0.05) is 25.8 Å². The molecular formula is C8H14N2O2. The summed E-state index contributed by atoms with van der Waals surface area (Å²) in [5, 5.41) is 22.1. The first-order chi connectivity index (χ1) is 5.79. The number of aromatic nitrogens is 2. The van der Waals surface area contributed by atoms with Gasteiger partial charge in [0.1, 0.15) is 0 Å². The summed E-state index contributed by atoms with van der Waals surface area (Å²) in [4.78, 5) is 0. The summed E-state index contributed by atoms with van der Waals surface area (Å²) in [5.74, 6) is 0. The second-order valence-corrected chi connectivity index (χ2v) is 2.60. The maximum atomic E-state index is 9.50. The molecule has 0 aliphatic rings. The van der Waals surface area contributed by atoms with Gasteiger partial charge in [0.2, 0.25) is 0 Å². The first-order valence-electron chi connectivity index (χ1n) is 4.10. The van der Waals surface area contributed by atoms with Crippen molar-refractivity contribution >= 4 is 0 Å². The van der Waals surface area contributed by atoms with Crippen molar-refractivity contribution in [3.05, 3.63) is 18.0 Å². The molecule has 0 bridgehead atoms. The number of aryl methyl sites for hydroxylation is 1. The summed E-state index contributed by atoms with van der Waals surface area (Å²) < 4.78 is 1.72. The Balaban J connectivity index is 2.71. The molecule has 0 aromatic carbocycles. The molecule has 0 saturated carbocycles. The smallest absolute Gasteiger partial charge is 0.0978 e. The monoisotopic (exact) mass is 170 g/mol. The molecule has 0 aliphatic carbocycles. The molecule has 4 heteroatoms. The molecular weight excluding hydrogens is 156 g/mol. The van der Waals surface area contributed by atoms with Gasteiger partial charge in [-0.1, -0.05) is 0 Å². The van der Waals surface area contributed by atoms with Gasteiger partial charge in [0.05, 0.1) is 11.8 Å². The Morgan fingerprint density at radius 1 is 1.67 bits per heavy atom. The zero-order chi connectivity index (χ0) is 8.97. The van der Waals surface area contributed by atoms with Crippen LogP contribution in [0.3, 0.4) is 0 Å². The normalized spacial score (nSPS) is 13.2. The summed E-state index contributed by atoms with van der Waals surface area (Å²) >= 11 is 0. The maximum Gasteiger partial charge on any atom is 0.0978 e. The van der Waals surface area contributed by atoms with Crippen LogP contribution in [0.5, 0.6) is 0 Å². The van der Waals surface area contributed by atoms with Crippen LogP contribution < -0.4 is 0 Å². The third-order valence-electron chi connectivity index (χ3n) is 1.79. The third kappa shape index (κ3) is 1.84. The largest absolute Gasteiger partial charge is 0.396 e. The quantitative estimate of drug-likeness (QED) is 0.684. The average Bonchev–Trinajstić information content (AvgIpc) is 2.51. The van der Waals surface area contributed by atoms with E-state index in [1.807, 2.05) is 6.92 Å². The van der Waals surface area contributed by atoms with Gasteiger partial charge in [0.15, 0.2) is 0 Å². The summed E-state index contributed by atoms with van der Waals surface area (Å²) in [5.41, 5.74) is 0.770. The lowest BCUT2D eigenvalue weighted by Crippen LogP contribution is -2.08. The van der Waals surface area contributed by atoms with Crippen molar-refractivity contribution in [3.8, 4) is 0 Å². The topological polar surface area (TPSA) is 58.3 Å². The van der Waals surface area contributed by atoms with E-state index in [0.29, 0.717) is 6.42 Å². The molecule has 0 saturated heterocycles. The average molecular weight is 170 g/mol. The molecule has 4 nitrogen and oxygen atoms in total. The van der Waals surface area contributed by atoms with Gasteiger partial charge in [-0.15, -0.1) is 0 Å². The summed E-state index contributed by atoms with van der Waals surface area (Å²) in [6.07, 6.45) is 1.42. The molecule has 1 heterocycles. The molecule has 1 atom stereocenters. The van der Waals surface area contributed by atoms with Crippen LogP contribution in [0.1, 0.15) is 25.1 Å². The zero-order valence-electron chi connectivity index (χ0n) is 7.14. The van der Waals surface area contributed by atoms with E-state index in [2.05, 4.69) is 5.10 Å². The van der Waals surface area contributed by atoms with Crippen LogP contribution in [0.4, 0.5) is 0 Å². The second-order valence-electron chi connectivity index (χ2n) is 2.60. The van der Waals surface area contributed by atoms with Gasteiger partial charge in [-0.3, -0.25) is 4.68 Å². The van der Waals surface area contributed by atoms with Gasteiger partial charge < -0.3 is 10.2 Å². The molecule has 0 amide bonds. The fraction of sp³-hybridized carbons (Fsp3) is 0.625. The highest BCUT2D eigenvalue weighted by molar-refractivity contribution is 5.04. The Morgan fingerprint density at radius 3 is 3.00 bits per heavy atom. The molecule has 12 heavy (non-hydrogen) atoms. The number of nitrogens with zero attached hydrogens (tertiary/aromatic N) is 2. The molecule has 68 valence electrons. The minimum absolute atomic E-state index is 0.00391.